The first-order chi connectivity index (χ1) is 17.1. The summed E-state index contributed by atoms with van der Waals surface area (Å²) < 4.78 is 17.8. The van der Waals surface area contributed by atoms with Crippen LogP contribution in [0.3, 0.4) is 0 Å². The Kier molecular flexibility index (Phi) is 5.76. The fraction of sp³-hybridized carbons (Fsp3) is 0.519. The van der Waals surface area contributed by atoms with Crippen molar-refractivity contribution >= 4 is 11.8 Å². The van der Waals surface area contributed by atoms with Crippen molar-refractivity contribution in [2.24, 2.45) is 16.7 Å². The summed E-state index contributed by atoms with van der Waals surface area (Å²) in [6, 6.07) is 6.86. The lowest BCUT2D eigenvalue weighted by Gasteiger charge is -2.21. The Morgan fingerprint density at radius 3 is 2.47 bits per heavy atom. The highest BCUT2D eigenvalue weighted by molar-refractivity contribution is 5.98. The molecular formula is C27H33N3O6. The van der Waals surface area contributed by atoms with Gasteiger partial charge in [-0.05, 0) is 28.5 Å². The number of rotatable bonds is 5. The van der Waals surface area contributed by atoms with E-state index < -0.39 is 0 Å². The van der Waals surface area contributed by atoms with Gasteiger partial charge in [0.05, 0.1) is 7.11 Å². The maximum Gasteiger partial charge on any atom is 0.257 e. The van der Waals surface area contributed by atoms with E-state index in [2.05, 4.69) is 33.0 Å². The summed E-state index contributed by atoms with van der Waals surface area (Å²) in [6.45, 7) is 10.2. The lowest BCUT2D eigenvalue weighted by molar-refractivity contribution is -0.133. The molecule has 1 aromatic carbocycles. The number of amides is 2. The Hall–Kier alpha value is -3.49. The molecule has 0 atom stereocenters. The lowest BCUT2D eigenvalue weighted by Crippen LogP contribution is -2.36. The molecule has 1 N–H and O–H groups in total. The maximum atomic E-state index is 13.4. The Morgan fingerprint density at radius 1 is 1.06 bits per heavy atom. The van der Waals surface area contributed by atoms with Crippen LogP contribution >= 0.6 is 0 Å². The first kappa shape index (κ1) is 24.2. The molecule has 3 aliphatic rings. The number of benzene rings is 1. The Bertz CT molecular complexity index is 1280. The van der Waals surface area contributed by atoms with E-state index >= 15 is 0 Å². The summed E-state index contributed by atoms with van der Waals surface area (Å²) in [4.78, 5) is 41.5. The van der Waals surface area contributed by atoms with Crippen LogP contribution in [0.4, 0.5) is 0 Å². The van der Waals surface area contributed by atoms with E-state index in [9.17, 15) is 14.4 Å². The second-order valence-corrected chi connectivity index (χ2v) is 10.8. The molecular weight excluding hydrogens is 462 g/mol. The van der Waals surface area contributed by atoms with Crippen LogP contribution in [0.1, 0.15) is 49.3 Å². The van der Waals surface area contributed by atoms with Crippen molar-refractivity contribution in [1.29, 1.82) is 0 Å². The van der Waals surface area contributed by atoms with E-state index in [4.69, 9.17) is 14.2 Å². The van der Waals surface area contributed by atoms with Gasteiger partial charge >= 0.3 is 0 Å². The standard InChI is InChI=1S/C27H33N3O6/c1-26(2)23(27(26,3)4)25(33)29-9-8-17-22(20(34-5)13-21(31)30(17)11-10-29)24(32)28-14-16-6-7-18-19(12-16)36-15-35-18/h6-7,12-13,23H,8-11,14-15H2,1-5H3,(H,28,32). The fourth-order valence-corrected chi connectivity index (χ4v) is 5.69. The zero-order chi connectivity index (χ0) is 25.8. The van der Waals surface area contributed by atoms with Crippen LogP contribution in [0.2, 0.25) is 0 Å². The Labute approximate surface area is 210 Å². The monoisotopic (exact) mass is 495 g/mol. The average molecular weight is 496 g/mol. The van der Waals surface area contributed by atoms with Gasteiger partial charge in [0.25, 0.3) is 11.5 Å². The van der Waals surface area contributed by atoms with Crippen LogP contribution in [0, 0.1) is 16.7 Å². The molecule has 5 rings (SSSR count). The highest BCUT2D eigenvalue weighted by Gasteiger charge is 2.68. The molecule has 0 bridgehead atoms. The van der Waals surface area contributed by atoms with Crippen LogP contribution in [0.25, 0.3) is 0 Å². The lowest BCUT2D eigenvalue weighted by atomic mass is 10.0. The van der Waals surface area contributed by atoms with Gasteiger partial charge in [-0.3, -0.25) is 14.4 Å². The van der Waals surface area contributed by atoms with E-state index in [1.54, 1.807) is 4.57 Å². The van der Waals surface area contributed by atoms with Crippen LogP contribution in [0.5, 0.6) is 17.2 Å². The first-order valence-corrected chi connectivity index (χ1v) is 12.3. The number of fused-ring (bicyclic) bond motifs is 2. The van der Waals surface area contributed by atoms with Gasteiger partial charge in [0.2, 0.25) is 12.7 Å². The van der Waals surface area contributed by atoms with Gasteiger partial charge in [-0.15, -0.1) is 0 Å². The normalized spacial score (nSPS) is 19.3. The minimum Gasteiger partial charge on any atom is -0.496 e. The van der Waals surface area contributed by atoms with E-state index in [0.717, 1.165) is 5.56 Å². The van der Waals surface area contributed by atoms with Crippen LogP contribution < -0.4 is 25.1 Å². The molecule has 9 nitrogen and oxygen atoms in total. The number of carbonyl (C=O) groups excluding carboxylic acids is 2. The number of aromatic nitrogens is 1. The summed E-state index contributed by atoms with van der Waals surface area (Å²) >= 11 is 0. The number of hydrogen-bond donors (Lipinski definition) is 1. The Balaban J connectivity index is 1.37. The van der Waals surface area contributed by atoms with Crippen molar-refractivity contribution in [1.82, 2.24) is 14.8 Å². The minimum absolute atomic E-state index is 0.0538. The maximum absolute atomic E-state index is 13.4. The van der Waals surface area contributed by atoms with Gasteiger partial charge < -0.3 is 29.0 Å². The zero-order valence-corrected chi connectivity index (χ0v) is 21.5. The van der Waals surface area contributed by atoms with Crippen molar-refractivity contribution in [3.8, 4) is 17.2 Å². The summed E-state index contributed by atoms with van der Waals surface area (Å²) in [7, 11) is 1.45. The van der Waals surface area contributed by atoms with E-state index in [1.807, 2.05) is 23.1 Å². The summed E-state index contributed by atoms with van der Waals surface area (Å²) in [5.41, 5.74) is 1.41. The molecule has 2 aliphatic heterocycles. The zero-order valence-electron chi connectivity index (χ0n) is 21.5. The smallest absolute Gasteiger partial charge is 0.257 e. The van der Waals surface area contributed by atoms with Gasteiger partial charge in [0, 0.05) is 50.3 Å². The number of nitrogens with one attached hydrogen (secondary N) is 1. The van der Waals surface area contributed by atoms with Crippen molar-refractivity contribution in [3.05, 3.63) is 51.4 Å². The molecule has 9 heteroatoms. The average Bonchev–Trinajstić information content (AvgIpc) is 3.05. The van der Waals surface area contributed by atoms with Crippen molar-refractivity contribution in [2.45, 2.75) is 47.2 Å². The molecule has 0 unspecified atom stereocenters. The fourth-order valence-electron chi connectivity index (χ4n) is 5.69. The van der Waals surface area contributed by atoms with Crippen molar-refractivity contribution < 1.29 is 23.8 Å². The highest BCUT2D eigenvalue weighted by Crippen LogP contribution is 2.68. The van der Waals surface area contributed by atoms with Gasteiger partial charge in [-0.25, -0.2) is 0 Å². The van der Waals surface area contributed by atoms with Crippen LogP contribution in [0.15, 0.2) is 29.1 Å². The van der Waals surface area contributed by atoms with Gasteiger partial charge in [0.1, 0.15) is 11.3 Å². The number of ether oxygens (including phenoxy) is 3. The third-order valence-electron chi connectivity index (χ3n) is 8.51. The van der Waals surface area contributed by atoms with Gasteiger partial charge in [-0.1, -0.05) is 33.8 Å². The van der Waals surface area contributed by atoms with Crippen LogP contribution in [-0.4, -0.2) is 48.3 Å². The third kappa shape index (κ3) is 3.81. The number of pyridine rings is 1. The number of carbonyl (C=O) groups is 2. The van der Waals surface area contributed by atoms with Gasteiger partial charge in [0.15, 0.2) is 11.5 Å². The molecule has 1 fully saturated rings. The van der Waals surface area contributed by atoms with E-state index in [-0.39, 0.29) is 53.2 Å². The predicted octanol–water partition coefficient (Wildman–Crippen LogP) is 2.58. The molecule has 36 heavy (non-hydrogen) atoms. The SMILES string of the molecule is COc1cc(=O)n2c(c1C(=O)NCc1ccc3c(c1)OCO3)CCN(C(=O)C1C(C)(C)C1(C)C)CC2. The molecule has 1 aliphatic carbocycles. The van der Waals surface area contributed by atoms with E-state index in [0.29, 0.717) is 48.8 Å². The Morgan fingerprint density at radius 2 is 1.78 bits per heavy atom. The number of hydrogen-bond acceptors (Lipinski definition) is 6. The molecule has 2 aromatic rings. The van der Waals surface area contributed by atoms with E-state index in [1.165, 1.54) is 13.2 Å². The van der Waals surface area contributed by atoms with Crippen LogP contribution in [-0.2, 0) is 24.3 Å². The summed E-state index contributed by atoms with van der Waals surface area (Å²) in [5.74, 6) is 1.28. The summed E-state index contributed by atoms with van der Waals surface area (Å²) in [5, 5.41) is 2.94. The molecule has 0 saturated heterocycles. The summed E-state index contributed by atoms with van der Waals surface area (Å²) in [6.07, 6.45) is 0.387. The number of methoxy groups -OCH3 is 1. The molecule has 0 radical (unpaired) electrons. The molecule has 1 saturated carbocycles. The largest absolute Gasteiger partial charge is 0.496 e. The minimum atomic E-state index is -0.336. The molecule has 3 heterocycles. The quantitative estimate of drug-likeness (QED) is 0.685. The first-order valence-electron chi connectivity index (χ1n) is 12.3. The second kappa shape index (κ2) is 8.57. The molecule has 0 spiro atoms. The third-order valence-corrected chi connectivity index (χ3v) is 8.51. The molecule has 1 aromatic heterocycles. The number of nitrogens with zero attached hydrogens (tertiary/aromatic N) is 2. The topological polar surface area (TPSA) is 99.1 Å². The van der Waals surface area contributed by atoms with Gasteiger partial charge in [-0.2, -0.15) is 0 Å². The highest BCUT2D eigenvalue weighted by atomic mass is 16.7. The van der Waals surface area contributed by atoms with Crippen molar-refractivity contribution in [2.75, 3.05) is 27.0 Å². The van der Waals surface area contributed by atoms with Crippen molar-refractivity contribution in [3.63, 3.8) is 0 Å². The molecule has 2 amide bonds. The second-order valence-electron chi connectivity index (χ2n) is 10.8. The predicted molar refractivity (Wildman–Crippen MR) is 132 cm³/mol. The molecule has 192 valence electrons.